The van der Waals surface area contributed by atoms with Crippen molar-refractivity contribution in [3.05, 3.63) is 0 Å². The van der Waals surface area contributed by atoms with Crippen molar-refractivity contribution >= 4 is 0 Å². The van der Waals surface area contributed by atoms with Crippen LogP contribution in [0.15, 0.2) is 0 Å². The molecule has 0 saturated carbocycles. The van der Waals surface area contributed by atoms with Crippen molar-refractivity contribution in [3.63, 3.8) is 0 Å². The highest BCUT2D eigenvalue weighted by molar-refractivity contribution is 4.45. The fourth-order valence-electron chi connectivity index (χ4n) is 2.07. The number of unbranched alkanes of at least 4 members (excludes halogenated alkanes) is 5. The third-order valence-electron chi connectivity index (χ3n) is 3.42. The highest BCUT2D eigenvalue weighted by Crippen LogP contribution is 2.04. The summed E-state index contributed by atoms with van der Waals surface area (Å²) in [6.45, 7) is 5.92. The molecule has 0 bridgehead atoms. The lowest BCUT2D eigenvalue weighted by Gasteiger charge is -2.07. The zero-order valence-corrected chi connectivity index (χ0v) is 15.7. The van der Waals surface area contributed by atoms with E-state index in [-0.39, 0.29) is 6.61 Å². The summed E-state index contributed by atoms with van der Waals surface area (Å²) in [5, 5.41) is 17.2. The molecule has 152 valence electrons. The van der Waals surface area contributed by atoms with E-state index in [1.807, 2.05) is 0 Å². The van der Waals surface area contributed by atoms with Gasteiger partial charge in [-0.15, -0.1) is 0 Å². The van der Waals surface area contributed by atoms with Crippen LogP contribution in [0.3, 0.4) is 0 Å². The van der Waals surface area contributed by atoms with Gasteiger partial charge in [0.2, 0.25) is 0 Å². The Morgan fingerprint density at radius 3 is 1.12 bits per heavy atom. The van der Waals surface area contributed by atoms with Crippen LogP contribution in [0.2, 0.25) is 0 Å². The van der Waals surface area contributed by atoms with Crippen LogP contribution in [-0.4, -0.2) is 89.5 Å². The Morgan fingerprint density at radius 1 is 0.320 bits per heavy atom. The Kier molecular flexibility index (Phi) is 23.5. The average Bonchev–Trinajstić information content (AvgIpc) is 2.63. The van der Waals surface area contributed by atoms with Crippen LogP contribution in [0.4, 0.5) is 0 Å². The van der Waals surface area contributed by atoms with E-state index in [0.29, 0.717) is 66.1 Å². The van der Waals surface area contributed by atoms with Crippen molar-refractivity contribution in [1.82, 2.24) is 0 Å². The molecule has 0 aliphatic heterocycles. The predicted molar refractivity (Wildman–Crippen MR) is 96.0 cm³/mol. The predicted octanol–water partition coefficient (Wildman–Crippen LogP) is 1.39. The van der Waals surface area contributed by atoms with Gasteiger partial charge in [0, 0.05) is 13.2 Å². The lowest BCUT2D eigenvalue weighted by molar-refractivity contribution is -0.0134. The minimum atomic E-state index is 0.0419. The van der Waals surface area contributed by atoms with E-state index in [9.17, 15) is 0 Å². The van der Waals surface area contributed by atoms with Crippen LogP contribution in [-0.2, 0) is 23.7 Å². The second-order valence-electron chi connectivity index (χ2n) is 5.63. The molecule has 7 nitrogen and oxygen atoms in total. The van der Waals surface area contributed by atoms with Gasteiger partial charge in [-0.05, 0) is 12.8 Å². The lowest BCUT2D eigenvalue weighted by Crippen LogP contribution is -2.13. The van der Waals surface area contributed by atoms with Crippen molar-refractivity contribution in [2.24, 2.45) is 0 Å². The molecule has 2 N–H and O–H groups in total. The first-order chi connectivity index (χ1) is 12.4. The first kappa shape index (κ1) is 24.7. The summed E-state index contributed by atoms with van der Waals surface area (Å²) in [6, 6.07) is 0. The third-order valence-corrected chi connectivity index (χ3v) is 3.42. The van der Waals surface area contributed by atoms with Gasteiger partial charge in [0.15, 0.2) is 0 Å². The summed E-state index contributed by atoms with van der Waals surface area (Å²) in [7, 11) is 0. The van der Waals surface area contributed by atoms with Crippen LogP contribution in [0.1, 0.15) is 38.5 Å². The number of hydrogen-bond donors (Lipinski definition) is 2. The van der Waals surface area contributed by atoms with Crippen LogP contribution in [0, 0.1) is 0 Å². The fourth-order valence-corrected chi connectivity index (χ4v) is 2.07. The smallest absolute Gasteiger partial charge is 0.0701 e. The Bertz CT molecular complexity index is 207. The van der Waals surface area contributed by atoms with Gasteiger partial charge in [0.1, 0.15) is 0 Å². The third kappa shape index (κ3) is 23.7. The molecule has 0 heterocycles. The van der Waals surface area contributed by atoms with Gasteiger partial charge < -0.3 is 33.9 Å². The maximum Gasteiger partial charge on any atom is 0.0701 e. The molecule has 0 aliphatic carbocycles. The monoisotopic (exact) mass is 366 g/mol. The van der Waals surface area contributed by atoms with Gasteiger partial charge in [-0.1, -0.05) is 25.7 Å². The molecule has 0 aliphatic rings. The molecule has 0 aromatic heterocycles. The minimum Gasteiger partial charge on any atom is -0.396 e. The molecule has 7 heteroatoms. The van der Waals surface area contributed by atoms with Crippen molar-refractivity contribution in [2.45, 2.75) is 38.5 Å². The van der Waals surface area contributed by atoms with Crippen LogP contribution in [0.5, 0.6) is 0 Å². The molecule has 0 rings (SSSR count). The Hall–Kier alpha value is -0.280. The molecule has 0 atom stereocenters. The molecule has 0 spiro atoms. The molecular weight excluding hydrogens is 328 g/mol. The molecule has 0 radical (unpaired) electrons. The number of ether oxygens (including phenoxy) is 5. The van der Waals surface area contributed by atoms with Gasteiger partial charge in [-0.3, -0.25) is 0 Å². The molecule has 0 amide bonds. The van der Waals surface area contributed by atoms with E-state index in [2.05, 4.69) is 0 Å². The number of aliphatic hydroxyl groups excluding tert-OH is 2. The van der Waals surface area contributed by atoms with Crippen molar-refractivity contribution in [2.75, 3.05) is 79.3 Å². The summed E-state index contributed by atoms with van der Waals surface area (Å²) in [5.74, 6) is 0. The van der Waals surface area contributed by atoms with Crippen LogP contribution in [0.25, 0.3) is 0 Å². The number of rotatable bonds is 22. The second-order valence-corrected chi connectivity index (χ2v) is 5.63. The van der Waals surface area contributed by atoms with Crippen LogP contribution < -0.4 is 0 Å². The minimum absolute atomic E-state index is 0.0419. The van der Waals surface area contributed by atoms with Gasteiger partial charge in [-0.25, -0.2) is 0 Å². The Labute approximate surface area is 152 Å². The van der Waals surface area contributed by atoms with E-state index in [0.717, 1.165) is 25.9 Å². The Balaban J connectivity index is 2.94. The first-order valence-corrected chi connectivity index (χ1v) is 9.52. The van der Waals surface area contributed by atoms with E-state index in [1.54, 1.807) is 0 Å². The average molecular weight is 366 g/mol. The van der Waals surface area contributed by atoms with E-state index >= 15 is 0 Å². The highest BCUT2D eigenvalue weighted by Gasteiger charge is 1.94. The standard InChI is InChI=1S/C18H38O7/c19-7-5-3-1-2-4-6-9-21-11-13-23-15-17-25-18-16-24-14-12-22-10-8-20/h19-20H,1-18H2. The zero-order valence-electron chi connectivity index (χ0n) is 15.7. The van der Waals surface area contributed by atoms with E-state index in [4.69, 9.17) is 33.9 Å². The van der Waals surface area contributed by atoms with Crippen molar-refractivity contribution in [1.29, 1.82) is 0 Å². The van der Waals surface area contributed by atoms with Gasteiger partial charge in [0.05, 0.1) is 66.1 Å². The van der Waals surface area contributed by atoms with Crippen LogP contribution >= 0.6 is 0 Å². The van der Waals surface area contributed by atoms with Gasteiger partial charge >= 0.3 is 0 Å². The molecule has 0 aromatic carbocycles. The lowest BCUT2D eigenvalue weighted by atomic mass is 10.1. The van der Waals surface area contributed by atoms with E-state index < -0.39 is 0 Å². The largest absolute Gasteiger partial charge is 0.396 e. The summed E-state index contributed by atoms with van der Waals surface area (Å²) < 4.78 is 26.7. The topological polar surface area (TPSA) is 86.6 Å². The number of hydrogen-bond acceptors (Lipinski definition) is 7. The van der Waals surface area contributed by atoms with Gasteiger partial charge in [-0.2, -0.15) is 0 Å². The van der Waals surface area contributed by atoms with Crippen molar-refractivity contribution in [3.8, 4) is 0 Å². The molecule has 0 aromatic rings. The number of aliphatic hydroxyl groups is 2. The summed E-state index contributed by atoms with van der Waals surface area (Å²) in [5.41, 5.74) is 0. The normalized spacial score (nSPS) is 11.3. The maximum absolute atomic E-state index is 8.67. The zero-order chi connectivity index (χ0) is 18.3. The second kappa shape index (κ2) is 23.7. The SMILES string of the molecule is OCCCCCCCCOCCOCCOCCOCCOCCO. The summed E-state index contributed by atoms with van der Waals surface area (Å²) in [6.07, 6.45) is 6.75. The van der Waals surface area contributed by atoms with Gasteiger partial charge in [0.25, 0.3) is 0 Å². The quantitative estimate of drug-likeness (QED) is 0.280. The van der Waals surface area contributed by atoms with Crippen molar-refractivity contribution < 1.29 is 33.9 Å². The summed E-state index contributed by atoms with van der Waals surface area (Å²) >= 11 is 0. The van der Waals surface area contributed by atoms with E-state index in [1.165, 1.54) is 19.3 Å². The molecule has 25 heavy (non-hydrogen) atoms. The fraction of sp³-hybridized carbons (Fsp3) is 1.00. The maximum atomic E-state index is 8.67. The summed E-state index contributed by atoms with van der Waals surface area (Å²) in [4.78, 5) is 0. The Morgan fingerprint density at radius 2 is 0.680 bits per heavy atom. The highest BCUT2D eigenvalue weighted by atomic mass is 16.6. The molecule has 0 fully saturated rings. The first-order valence-electron chi connectivity index (χ1n) is 9.52. The molecular formula is C18H38O7. The molecule has 0 unspecified atom stereocenters. The molecule has 0 saturated heterocycles.